The van der Waals surface area contributed by atoms with Crippen molar-refractivity contribution in [1.82, 2.24) is 0 Å². The number of hydrogen-bond acceptors (Lipinski definition) is 1. The third-order valence-electron chi connectivity index (χ3n) is 2.37. The number of halogens is 2. The molecule has 22 heavy (non-hydrogen) atoms. The summed E-state index contributed by atoms with van der Waals surface area (Å²) < 4.78 is 17.4. The van der Waals surface area contributed by atoms with Crippen LogP contribution in [-0.4, -0.2) is 7.11 Å². The Bertz CT molecular complexity index is 474. The summed E-state index contributed by atoms with van der Waals surface area (Å²) in [6, 6.07) is 12.2. The second-order valence-corrected chi connectivity index (χ2v) is 4.35. The molecular weight excluding hydrogens is 299 g/mol. The monoisotopic (exact) mass is 326 g/mol. The molecule has 0 saturated carbocycles. The van der Waals surface area contributed by atoms with Gasteiger partial charge in [-0.25, -0.2) is 4.39 Å². The summed E-state index contributed by atoms with van der Waals surface area (Å²) in [4.78, 5) is 0. The van der Waals surface area contributed by atoms with Crippen LogP contribution in [0.3, 0.4) is 0 Å². The van der Waals surface area contributed by atoms with Gasteiger partial charge in [-0.15, -0.1) is 0 Å². The van der Waals surface area contributed by atoms with Gasteiger partial charge in [0, 0.05) is 5.02 Å². The summed E-state index contributed by atoms with van der Waals surface area (Å²) in [6.45, 7) is 11.8. The standard InChI is InChI=1S/C8H9FO.C7H7Cl.2C2H6/c1-6-5-7(9)3-4-8(6)10-2;1-6-2-4-7(8)5-3-6;2*1-2/h3-5H,1-2H3;2-5H,1H3;2*1-2H3. The molecule has 0 unspecified atom stereocenters. The summed E-state index contributed by atoms with van der Waals surface area (Å²) in [5.41, 5.74) is 2.07. The third kappa shape index (κ3) is 10.2. The zero-order valence-corrected chi connectivity index (χ0v) is 15.5. The minimum Gasteiger partial charge on any atom is -0.496 e. The molecule has 124 valence electrons. The molecule has 0 radical (unpaired) electrons. The van der Waals surface area contributed by atoms with E-state index in [-0.39, 0.29) is 5.82 Å². The highest BCUT2D eigenvalue weighted by Crippen LogP contribution is 2.16. The van der Waals surface area contributed by atoms with Crippen molar-refractivity contribution in [1.29, 1.82) is 0 Å². The van der Waals surface area contributed by atoms with E-state index in [0.29, 0.717) is 0 Å². The van der Waals surface area contributed by atoms with Crippen LogP contribution in [0, 0.1) is 19.7 Å². The molecule has 1 nitrogen and oxygen atoms in total. The number of aryl methyl sites for hydroxylation is 2. The second kappa shape index (κ2) is 14.4. The third-order valence-corrected chi connectivity index (χ3v) is 2.62. The molecule has 0 atom stereocenters. The predicted molar refractivity (Wildman–Crippen MR) is 96.6 cm³/mol. The lowest BCUT2D eigenvalue weighted by Crippen LogP contribution is -1.86. The second-order valence-electron chi connectivity index (χ2n) is 3.91. The summed E-state index contributed by atoms with van der Waals surface area (Å²) in [5.74, 6) is 0.500. The van der Waals surface area contributed by atoms with E-state index in [4.69, 9.17) is 16.3 Å². The van der Waals surface area contributed by atoms with Gasteiger partial charge in [0.05, 0.1) is 7.11 Å². The lowest BCUT2D eigenvalue weighted by atomic mass is 10.2. The SMILES string of the molecule is CC.CC.COc1ccc(F)cc1C.Cc1ccc(Cl)cc1. The first-order chi connectivity index (χ1) is 10.5. The van der Waals surface area contributed by atoms with E-state index < -0.39 is 0 Å². The molecule has 0 aliphatic heterocycles. The van der Waals surface area contributed by atoms with Gasteiger partial charge in [-0.2, -0.15) is 0 Å². The lowest BCUT2D eigenvalue weighted by Gasteiger charge is -2.01. The Hall–Kier alpha value is -1.54. The van der Waals surface area contributed by atoms with Crippen molar-refractivity contribution in [2.24, 2.45) is 0 Å². The van der Waals surface area contributed by atoms with Gasteiger partial charge in [0.15, 0.2) is 0 Å². The van der Waals surface area contributed by atoms with E-state index >= 15 is 0 Å². The summed E-state index contributed by atoms with van der Waals surface area (Å²) >= 11 is 5.61. The zero-order valence-electron chi connectivity index (χ0n) is 14.7. The summed E-state index contributed by atoms with van der Waals surface area (Å²) in [5, 5.41) is 0.801. The fourth-order valence-corrected chi connectivity index (χ4v) is 1.50. The topological polar surface area (TPSA) is 9.23 Å². The first kappa shape index (κ1) is 22.7. The highest BCUT2D eigenvalue weighted by atomic mass is 35.5. The van der Waals surface area contributed by atoms with Crippen LogP contribution < -0.4 is 4.74 Å². The van der Waals surface area contributed by atoms with Crippen LogP contribution in [-0.2, 0) is 0 Å². The van der Waals surface area contributed by atoms with E-state index in [0.717, 1.165) is 16.3 Å². The van der Waals surface area contributed by atoms with Crippen LogP contribution in [0.25, 0.3) is 0 Å². The van der Waals surface area contributed by atoms with Crippen molar-refractivity contribution in [3.63, 3.8) is 0 Å². The lowest BCUT2D eigenvalue weighted by molar-refractivity contribution is 0.410. The summed E-state index contributed by atoms with van der Waals surface area (Å²) in [6.07, 6.45) is 0. The van der Waals surface area contributed by atoms with Crippen LogP contribution >= 0.6 is 11.6 Å². The molecule has 0 saturated heterocycles. The van der Waals surface area contributed by atoms with Gasteiger partial charge in [0.2, 0.25) is 0 Å². The zero-order chi connectivity index (χ0) is 17.5. The summed E-state index contributed by atoms with van der Waals surface area (Å²) in [7, 11) is 1.57. The van der Waals surface area contributed by atoms with Crippen LogP contribution in [0.1, 0.15) is 38.8 Å². The van der Waals surface area contributed by atoms with Gasteiger partial charge < -0.3 is 4.74 Å². The highest BCUT2D eigenvalue weighted by molar-refractivity contribution is 6.30. The van der Waals surface area contributed by atoms with E-state index in [1.807, 2.05) is 65.8 Å². The van der Waals surface area contributed by atoms with E-state index in [2.05, 4.69) is 0 Å². The Morgan fingerprint density at radius 2 is 1.36 bits per heavy atom. The van der Waals surface area contributed by atoms with E-state index in [1.54, 1.807) is 13.2 Å². The number of hydrogen-bond donors (Lipinski definition) is 0. The molecule has 2 aromatic rings. The first-order valence-corrected chi connectivity index (χ1v) is 7.93. The number of ether oxygens (including phenoxy) is 1. The molecule has 3 heteroatoms. The minimum absolute atomic E-state index is 0.224. The quantitative estimate of drug-likeness (QED) is 0.557. The maximum atomic E-state index is 12.4. The number of methoxy groups -OCH3 is 1. The van der Waals surface area contributed by atoms with Crippen molar-refractivity contribution >= 4 is 11.6 Å². The molecular formula is C19H28ClFO. The smallest absolute Gasteiger partial charge is 0.123 e. The molecule has 2 rings (SSSR count). The number of rotatable bonds is 1. The van der Waals surface area contributed by atoms with E-state index in [9.17, 15) is 4.39 Å². The van der Waals surface area contributed by atoms with Crippen molar-refractivity contribution in [2.75, 3.05) is 7.11 Å². The van der Waals surface area contributed by atoms with Gasteiger partial charge in [-0.05, 0) is 49.7 Å². The minimum atomic E-state index is -0.224. The van der Waals surface area contributed by atoms with Gasteiger partial charge >= 0.3 is 0 Å². The average Bonchev–Trinajstić information content (AvgIpc) is 2.55. The number of benzene rings is 2. The Kier molecular flexibility index (Phi) is 14.9. The molecule has 0 N–H and O–H groups in total. The van der Waals surface area contributed by atoms with Crippen LogP contribution in [0.4, 0.5) is 4.39 Å². The van der Waals surface area contributed by atoms with Gasteiger partial charge in [0.25, 0.3) is 0 Å². The molecule has 0 heterocycles. The largest absolute Gasteiger partial charge is 0.496 e. The molecule has 0 bridgehead atoms. The van der Waals surface area contributed by atoms with Crippen molar-refractivity contribution in [3.8, 4) is 5.75 Å². The van der Waals surface area contributed by atoms with Crippen molar-refractivity contribution in [2.45, 2.75) is 41.5 Å². The fraction of sp³-hybridized carbons (Fsp3) is 0.368. The van der Waals surface area contributed by atoms with Crippen LogP contribution in [0.5, 0.6) is 5.75 Å². The van der Waals surface area contributed by atoms with E-state index in [1.165, 1.54) is 17.7 Å². The molecule has 0 aromatic heterocycles. The first-order valence-electron chi connectivity index (χ1n) is 7.55. The van der Waals surface area contributed by atoms with Gasteiger partial charge in [-0.1, -0.05) is 57.0 Å². The molecule has 2 aromatic carbocycles. The Labute approximate surface area is 140 Å². The molecule has 0 fully saturated rings. The Morgan fingerprint density at radius 1 is 0.864 bits per heavy atom. The van der Waals surface area contributed by atoms with Crippen LogP contribution in [0.15, 0.2) is 42.5 Å². The molecule has 0 amide bonds. The highest BCUT2D eigenvalue weighted by Gasteiger charge is 1.97. The molecule has 0 spiro atoms. The maximum Gasteiger partial charge on any atom is 0.123 e. The average molecular weight is 327 g/mol. The molecule has 0 aliphatic rings. The van der Waals surface area contributed by atoms with Crippen molar-refractivity contribution in [3.05, 3.63) is 64.4 Å². The fourth-order valence-electron chi connectivity index (χ4n) is 1.38. The van der Waals surface area contributed by atoms with Gasteiger partial charge in [0.1, 0.15) is 11.6 Å². The van der Waals surface area contributed by atoms with Gasteiger partial charge in [-0.3, -0.25) is 0 Å². The Morgan fingerprint density at radius 3 is 1.73 bits per heavy atom. The predicted octanol–water partition coefficient (Wildman–Crippen LogP) is 6.84. The maximum absolute atomic E-state index is 12.4. The van der Waals surface area contributed by atoms with Crippen LogP contribution in [0.2, 0.25) is 5.02 Å². The van der Waals surface area contributed by atoms with Crippen molar-refractivity contribution < 1.29 is 9.13 Å². The Balaban J connectivity index is 0. The molecule has 0 aliphatic carbocycles. The normalized spacial score (nSPS) is 8.23.